The lowest BCUT2D eigenvalue weighted by molar-refractivity contribution is -0.123. The largest absolute Gasteiger partial charge is 0.323 e. The molecular formula is C18H21N5O2. The van der Waals surface area contributed by atoms with E-state index in [1.807, 2.05) is 35.9 Å². The number of anilines is 2. The molecule has 0 bridgehead atoms. The molecule has 1 aromatic carbocycles. The molecule has 1 saturated heterocycles. The lowest BCUT2D eigenvalue weighted by atomic mass is 10.1. The smallest absolute Gasteiger partial charge is 0.244 e. The predicted molar refractivity (Wildman–Crippen MR) is 94.6 cm³/mol. The number of para-hydroxylation sites is 2. The van der Waals surface area contributed by atoms with Gasteiger partial charge in [0.15, 0.2) is 0 Å². The van der Waals surface area contributed by atoms with Crippen LogP contribution in [0.3, 0.4) is 0 Å². The van der Waals surface area contributed by atoms with Crippen LogP contribution in [-0.2, 0) is 9.59 Å². The molecule has 2 aliphatic rings. The van der Waals surface area contributed by atoms with Crippen molar-refractivity contribution in [3.05, 3.63) is 41.7 Å². The van der Waals surface area contributed by atoms with Gasteiger partial charge in [0.25, 0.3) is 0 Å². The Morgan fingerprint density at radius 1 is 1.28 bits per heavy atom. The van der Waals surface area contributed by atoms with Crippen LogP contribution in [0, 0.1) is 13.8 Å². The number of nitrogens with zero attached hydrogens (tertiary/aromatic N) is 4. The molecule has 3 heterocycles. The van der Waals surface area contributed by atoms with Gasteiger partial charge in [-0.05, 0) is 32.0 Å². The van der Waals surface area contributed by atoms with E-state index in [-0.39, 0.29) is 18.4 Å². The minimum Gasteiger partial charge on any atom is -0.323 e. The highest BCUT2D eigenvalue weighted by atomic mass is 16.2. The molecule has 7 nitrogen and oxygen atoms in total. The van der Waals surface area contributed by atoms with Crippen molar-refractivity contribution in [3.8, 4) is 0 Å². The number of aromatic nitrogens is 2. The molecule has 1 fully saturated rings. The Bertz CT molecular complexity index is 838. The van der Waals surface area contributed by atoms with Crippen LogP contribution in [0.4, 0.5) is 11.4 Å². The lowest BCUT2D eigenvalue weighted by Crippen LogP contribution is -2.54. The molecule has 130 valence electrons. The molecule has 25 heavy (non-hydrogen) atoms. The van der Waals surface area contributed by atoms with Crippen molar-refractivity contribution in [1.82, 2.24) is 14.7 Å². The van der Waals surface area contributed by atoms with Gasteiger partial charge in [0.2, 0.25) is 11.8 Å². The Hall–Kier alpha value is -2.67. The highest BCUT2D eigenvalue weighted by Gasteiger charge is 2.34. The van der Waals surface area contributed by atoms with Gasteiger partial charge in [-0.2, -0.15) is 5.10 Å². The van der Waals surface area contributed by atoms with Crippen LogP contribution >= 0.6 is 0 Å². The van der Waals surface area contributed by atoms with Gasteiger partial charge in [0, 0.05) is 18.8 Å². The highest BCUT2D eigenvalue weighted by Crippen LogP contribution is 2.29. The van der Waals surface area contributed by atoms with Gasteiger partial charge in [0.1, 0.15) is 6.54 Å². The van der Waals surface area contributed by atoms with Crippen molar-refractivity contribution in [1.29, 1.82) is 0 Å². The van der Waals surface area contributed by atoms with Crippen molar-refractivity contribution in [3.63, 3.8) is 0 Å². The maximum Gasteiger partial charge on any atom is 0.244 e. The minimum absolute atomic E-state index is 0.0471. The number of benzene rings is 1. The van der Waals surface area contributed by atoms with Crippen LogP contribution in [-0.4, -0.2) is 52.7 Å². The third-order valence-corrected chi connectivity index (χ3v) is 4.76. The van der Waals surface area contributed by atoms with Crippen molar-refractivity contribution in [2.75, 3.05) is 36.4 Å². The van der Waals surface area contributed by atoms with E-state index in [1.54, 1.807) is 4.90 Å². The Labute approximate surface area is 146 Å². The van der Waals surface area contributed by atoms with Crippen molar-refractivity contribution in [2.45, 2.75) is 19.9 Å². The number of hydrogen-bond donors (Lipinski definition) is 1. The third kappa shape index (κ3) is 2.91. The molecule has 1 aromatic heterocycles. The van der Waals surface area contributed by atoms with Crippen molar-refractivity contribution in [2.24, 2.45) is 0 Å². The third-order valence-electron chi connectivity index (χ3n) is 4.76. The van der Waals surface area contributed by atoms with Crippen LogP contribution in [0.15, 0.2) is 30.3 Å². The van der Waals surface area contributed by atoms with E-state index in [1.165, 1.54) is 0 Å². The van der Waals surface area contributed by atoms with Gasteiger partial charge in [-0.25, -0.2) is 0 Å². The van der Waals surface area contributed by atoms with E-state index in [9.17, 15) is 9.59 Å². The number of rotatable bonds is 3. The standard InChI is InChI=1S/C18H21N5O2/c1-12-7-13(2)23(20-12)14-8-21(9-14)11-18(25)22-10-17(24)19-15-5-3-4-6-16(15)22/h3-7,14H,8-11H2,1-2H3,(H,19,24). The molecule has 1 N–H and O–H groups in total. The normalized spacial score (nSPS) is 17.8. The van der Waals surface area contributed by atoms with E-state index >= 15 is 0 Å². The molecular weight excluding hydrogens is 318 g/mol. The van der Waals surface area contributed by atoms with E-state index in [0.717, 1.165) is 30.2 Å². The number of nitrogens with one attached hydrogen (secondary N) is 1. The summed E-state index contributed by atoms with van der Waals surface area (Å²) in [4.78, 5) is 28.2. The molecule has 0 aliphatic carbocycles. The van der Waals surface area contributed by atoms with Gasteiger partial charge >= 0.3 is 0 Å². The zero-order chi connectivity index (χ0) is 17.6. The first-order valence-corrected chi connectivity index (χ1v) is 8.45. The SMILES string of the molecule is Cc1cc(C)n(C2CN(CC(=O)N3CC(=O)Nc4ccccc43)C2)n1. The summed E-state index contributed by atoms with van der Waals surface area (Å²) in [5.41, 5.74) is 3.62. The number of aryl methyl sites for hydroxylation is 2. The number of carbonyl (C=O) groups is 2. The quantitative estimate of drug-likeness (QED) is 0.916. The maximum atomic E-state index is 12.7. The second-order valence-corrected chi connectivity index (χ2v) is 6.76. The molecule has 2 aromatic rings. The van der Waals surface area contributed by atoms with Crippen LogP contribution in [0.2, 0.25) is 0 Å². The van der Waals surface area contributed by atoms with Crippen LogP contribution in [0.5, 0.6) is 0 Å². The maximum absolute atomic E-state index is 12.7. The van der Waals surface area contributed by atoms with Gasteiger partial charge in [-0.1, -0.05) is 12.1 Å². The fourth-order valence-corrected chi connectivity index (χ4v) is 3.57. The fraction of sp³-hybridized carbons (Fsp3) is 0.389. The van der Waals surface area contributed by atoms with Crippen molar-refractivity contribution >= 4 is 23.2 Å². The van der Waals surface area contributed by atoms with Gasteiger partial charge in [-0.3, -0.25) is 24.1 Å². The average Bonchev–Trinajstić information content (AvgIpc) is 2.87. The highest BCUT2D eigenvalue weighted by molar-refractivity contribution is 6.10. The second-order valence-electron chi connectivity index (χ2n) is 6.76. The summed E-state index contributed by atoms with van der Waals surface area (Å²) in [5, 5.41) is 7.32. The topological polar surface area (TPSA) is 70.5 Å². The monoisotopic (exact) mass is 339 g/mol. The number of fused-ring (bicyclic) bond motifs is 1. The lowest BCUT2D eigenvalue weighted by Gasteiger charge is -2.40. The molecule has 7 heteroatoms. The zero-order valence-corrected chi connectivity index (χ0v) is 14.4. The Balaban J connectivity index is 1.41. The van der Waals surface area contributed by atoms with Gasteiger partial charge in [0.05, 0.1) is 29.7 Å². The van der Waals surface area contributed by atoms with E-state index in [0.29, 0.717) is 18.3 Å². The van der Waals surface area contributed by atoms with Gasteiger partial charge < -0.3 is 5.32 Å². The zero-order valence-electron chi connectivity index (χ0n) is 14.4. The first kappa shape index (κ1) is 15.8. The average molecular weight is 339 g/mol. The fourth-order valence-electron chi connectivity index (χ4n) is 3.57. The molecule has 0 saturated carbocycles. The van der Waals surface area contributed by atoms with Crippen molar-refractivity contribution < 1.29 is 9.59 Å². The molecule has 4 rings (SSSR count). The number of carbonyl (C=O) groups excluding carboxylic acids is 2. The molecule has 0 unspecified atom stereocenters. The Morgan fingerprint density at radius 2 is 2.04 bits per heavy atom. The molecule has 2 amide bonds. The summed E-state index contributed by atoms with van der Waals surface area (Å²) < 4.78 is 2.04. The number of likely N-dealkylation sites (tertiary alicyclic amines) is 1. The van der Waals surface area contributed by atoms with E-state index < -0.39 is 0 Å². The summed E-state index contributed by atoms with van der Waals surface area (Å²) in [6.45, 7) is 6.03. The Kier molecular flexibility index (Phi) is 3.80. The van der Waals surface area contributed by atoms with Crippen LogP contribution < -0.4 is 10.2 Å². The second kappa shape index (κ2) is 6.00. The summed E-state index contributed by atoms with van der Waals surface area (Å²) in [5.74, 6) is -0.203. The summed E-state index contributed by atoms with van der Waals surface area (Å²) >= 11 is 0. The minimum atomic E-state index is -0.156. The van der Waals surface area contributed by atoms with Crippen LogP contribution in [0.25, 0.3) is 0 Å². The summed E-state index contributed by atoms with van der Waals surface area (Å²) in [6.07, 6.45) is 0. The molecule has 2 aliphatic heterocycles. The molecule has 0 radical (unpaired) electrons. The van der Waals surface area contributed by atoms with Crippen LogP contribution in [0.1, 0.15) is 17.4 Å². The first-order chi connectivity index (χ1) is 12.0. The van der Waals surface area contributed by atoms with E-state index in [2.05, 4.69) is 28.3 Å². The number of amides is 2. The molecule has 0 spiro atoms. The summed E-state index contributed by atoms with van der Waals surface area (Å²) in [7, 11) is 0. The predicted octanol–water partition coefficient (Wildman–Crippen LogP) is 1.34. The Morgan fingerprint density at radius 3 is 2.76 bits per heavy atom. The van der Waals surface area contributed by atoms with Gasteiger partial charge in [-0.15, -0.1) is 0 Å². The van der Waals surface area contributed by atoms with E-state index in [4.69, 9.17) is 0 Å². The number of hydrogen-bond acceptors (Lipinski definition) is 4. The first-order valence-electron chi connectivity index (χ1n) is 8.45. The molecule has 0 atom stereocenters. The summed E-state index contributed by atoms with van der Waals surface area (Å²) in [6, 6.07) is 9.78.